The Morgan fingerprint density at radius 3 is 2.31 bits per heavy atom. The van der Waals surface area contributed by atoms with Crippen molar-refractivity contribution < 1.29 is 15.0 Å². The lowest BCUT2D eigenvalue weighted by Crippen LogP contribution is -2.42. The zero-order valence-electron chi connectivity index (χ0n) is 6.97. The molecule has 70 valence electrons. The van der Waals surface area contributed by atoms with Crippen LogP contribution in [0.2, 0.25) is 0 Å². The number of aliphatic carboxylic acids is 1. The van der Waals surface area contributed by atoms with Crippen LogP contribution in [0.4, 0.5) is 0 Å². The summed E-state index contributed by atoms with van der Waals surface area (Å²) < 4.78 is 0. The Morgan fingerprint density at radius 2 is 1.92 bits per heavy atom. The van der Waals surface area contributed by atoms with Gasteiger partial charge in [0.2, 0.25) is 0 Å². The van der Waals surface area contributed by atoms with Crippen LogP contribution in [-0.2, 0) is 10.4 Å². The van der Waals surface area contributed by atoms with Gasteiger partial charge in [0.25, 0.3) is 0 Å². The van der Waals surface area contributed by atoms with Crippen molar-refractivity contribution in [2.75, 3.05) is 6.54 Å². The lowest BCUT2D eigenvalue weighted by molar-refractivity contribution is -0.158. The molecular weight excluding hydrogens is 170 g/mol. The van der Waals surface area contributed by atoms with Crippen molar-refractivity contribution in [3.63, 3.8) is 0 Å². The number of carboxylic acid groups (broad SMARTS) is 1. The molecule has 0 aliphatic carbocycles. The van der Waals surface area contributed by atoms with E-state index in [0.717, 1.165) is 0 Å². The van der Waals surface area contributed by atoms with Gasteiger partial charge in [-0.05, 0) is 5.56 Å². The Morgan fingerprint density at radius 1 is 1.38 bits per heavy atom. The summed E-state index contributed by atoms with van der Waals surface area (Å²) in [5.74, 6) is -1.33. The summed E-state index contributed by atoms with van der Waals surface area (Å²) in [5.41, 5.74) is 3.53. The van der Waals surface area contributed by atoms with E-state index in [9.17, 15) is 9.90 Å². The Hall–Kier alpha value is -1.39. The normalized spacial score (nSPS) is 14.9. The molecule has 0 saturated carbocycles. The predicted molar refractivity (Wildman–Crippen MR) is 47.0 cm³/mol. The van der Waals surface area contributed by atoms with E-state index in [0.29, 0.717) is 5.56 Å². The first-order valence-electron chi connectivity index (χ1n) is 3.82. The topological polar surface area (TPSA) is 83.5 Å². The number of hydrogen-bond acceptors (Lipinski definition) is 3. The minimum absolute atomic E-state index is 0.296. The summed E-state index contributed by atoms with van der Waals surface area (Å²) in [7, 11) is 0. The quantitative estimate of drug-likeness (QED) is 0.609. The number of nitrogens with two attached hydrogens (primary N) is 1. The number of carboxylic acids is 1. The molecule has 0 saturated heterocycles. The minimum atomic E-state index is -1.97. The molecule has 1 rings (SSSR count). The molecule has 4 nitrogen and oxygen atoms in total. The summed E-state index contributed by atoms with van der Waals surface area (Å²) in [6.07, 6.45) is 0. The lowest BCUT2D eigenvalue weighted by atomic mass is 9.94. The molecule has 1 atom stereocenters. The largest absolute Gasteiger partial charge is 0.479 e. The second kappa shape index (κ2) is 3.55. The highest BCUT2D eigenvalue weighted by Crippen LogP contribution is 2.19. The highest BCUT2D eigenvalue weighted by atomic mass is 16.4. The molecule has 0 bridgehead atoms. The van der Waals surface area contributed by atoms with Crippen molar-refractivity contribution in [1.82, 2.24) is 0 Å². The molecule has 4 N–H and O–H groups in total. The molecule has 13 heavy (non-hydrogen) atoms. The fourth-order valence-electron chi connectivity index (χ4n) is 1.04. The van der Waals surface area contributed by atoms with E-state index >= 15 is 0 Å². The van der Waals surface area contributed by atoms with Crippen LogP contribution in [0, 0.1) is 0 Å². The van der Waals surface area contributed by atoms with Gasteiger partial charge in [-0.1, -0.05) is 30.3 Å². The summed E-state index contributed by atoms with van der Waals surface area (Å²) in [6, 6.07) is 8.10. The molecule has 0 aliphatic heterocycles. The molecule has 0 aromatic heterocycles. The first kappa shape index (κ1) is 9.70. The summed E-state index contributed by atoms with van der Waals surface area (Å²) in [4.78, 5) is 10.7. The van der Waals surface area contributed by atoms with Gasteiger partial charge in [0.1, 0.15) is 0 Å². The van der Waals surface area contributed by atoms with E-state index in [1.165, 1.54) is 12.1 Å². The maximum Gasteiger partial charge on any atom is 0.341 e. The third-order valence-electron chi connectivity index (χ3n) is 1.90. The van der Waals surface area contributed by atoms with E-state index in [1.807, 2.05) is 0 Å². The highest BCUT2D eigenvalue weighted by Gasteiger charge is 2.36. The van der Waals surface area contributed by atoms with Crippen LogP contribution < -0.4 is 5.73 Å². The van der Waals surface area contributed by atoms with Gasteiger partial charge in [0.15, 0.2) is 5.60 Å². The van der Waals surface area contributed by atoms with Crippen LogP contribution in [0.15, 0.2) is 30.3 Å². The number of carbonyl (C=O) groups is 1. The van der Waals surface area contributed by atoms with Crippen LogP contribution in [0.5, 0.6) is 0 Å². The molecule has 0 heterocycles. The molecule has 1 aromatic rings. The van der Waals surface area contributed by atoms with Gasteiger partial charge in [-0.2, -0.15) is 0 Å². The van der Waals surface area contributed by atoms with Crippen molar-refractivity contribution in [3.05, 3.63) is 35.9 Å². The van der Waals surface area contributed by atoms with Crippen molar-refractivity contribution in [2.45, 2.75) is 5.60 Å². The van der Waals surface area contributed by atoms with Gasteiger partial charge >= 0.3 is 5.97 Å². The zero-order chi connectivity index (χ0) is 9.90. The highest BCUT2D eigenvalue weighted by molar-refractivity contribution is 5.79. The molecule has 0 amide bonds. The van der Waals surface area contributed by atoms with Gasteiger partial charge in [-0.15, -0.1) is 0 Å². The van der Waals surface area contributed by atoms with E-state index in [4.69, 9.17) is 10.8 Å². The number of benzene rings is 1. The standard InChI is InChI=1S/C9H11NO3/c10-6-9(13,8(11)12)7-4-2-1-3-5-7/h1-5,13H,6,10H2,(H,11,12)/t9-/m1/s1. The molecule has 1 aromatic carbocycles. The summed E-state index contributed by atoms with van der Waals surface area (Å²) >= 11 is 0. The van der Waals surface area contributed by atoms with Crippen molar-refractivity contribution in [3.8, 4) is 0 Å². The van der Waals surface area contributed by atoms with E-state index < -0.39 is 11.6 Å². The third-order valence-corrected chi connectivity index (χ3v) is 1.90. The van der Waals surface area contributed by atoms with Gasteiger partial charge in [0.05, 0.1) is 0 Å². The van der Waals surface area contributed by atoms with Gasteiger partial charge in [-0.3, -0.25) is 0 Å². The minimum Gasteiger partial charge on any atom is -0.479 e. The Balaban J connectivity index is 3.11. The zero-order valence-corrected chi connectivity index (χ0v) is 6.97. The molecule has 0 spiro atoms. The van der Waals surface area contributed by atoms with Gasteiger partial charge in [0, 0.05) is 6.54 Å². The Labute approximate surface area is 75.6 Å². The predicted octanol–water partition coefficient (Wildman–Crippen LogP) is -0.0825. The molecular formula is C9H11NO3. The average molecular weight is 181 g/mol. The van der Waals surface area contributed by atoms with E-state index in [2.05, 4.69) is 0 Å². The molecule has 0 unspecified atom stereocenters. The van der Waals surface area contributed by atoms with Crippen LogP contribution in [0.25, 0.3) is 0 Å². The number of aliphatic hydroxyl groups is 1. The number of hydrogen-bond donors (Lipinski definition) is 3. The fraction of sp³-hybridized carbons (Fsp3) is 0.222. The van der Waals surface area contributed by atoms with Crippen molar-refractivity contribution >= 4 is 5.97 Å². The van der Waals surface area contributed by atoms with Crippen LogP contribution in [0.1, 0.15) is 5.56 Å². The van der Waals surface area contributed by atoms with Crippen molar-refractivity contribution in [1.29, 1.82) is 0 Å². The van der Waals surface area contributed by atoms with Crippen LogP contribution >= 0.6 is 0 Å². The van der Waals surface area contributed by atoms with E-state index in [1.54, 1.807) is 18.2 Å². The molecule has 4 heteroatoms. The summed E-state index contributed by atoms with van der Waals surface area (Å²) in [5, 5.41) is 18.4. The third kappa shape index (κ3) is 1.68. The smallest absolute Gasteiger partial charge is 0.341 e. The number of rotatable bonds is 3. The Bertz CT molecular complexity index is 299. The molecule has 0 fully saturated rings. The SMILES string of the molecule is NC[C@](O)(C(=O)O)c1ccccc1. The maximum absolute atomic E-state index is 10.7. The summed E-state index contributed by atoms with van der Waals surface area (Å²) in [6.45, 7) is -0.341. The second-order valence-corrected chi connectivity index (χ2v) is 2.74. The first-order valence-corrected chi connectivity index (χ1v) is 3.82. The van der Waals surface area contributed by atoms with E-state index in [-0.39, 0.29) is 6.54 Å². The lowest BCUT2D eigenvalue weighted by Gasteiger charge is -2.21. The monoisotopic (exact) mass is 181 g/mol. The molecule has 0 aliphatic rings. The fourth-order valence-corrected chi connectivity index (χ4v) is 1.04. The molecule has 0 radical (unpaired) electrons. The van der Waals surface area contributed by atoms with Gasteiger partial charge < -0.3 is 15.9 Å². The van der Waals surface area contributed by atoms with Crippen LogP contribution in [-0.4, -0.2) is 22.7 Å². The second-order valence-electron chi connectivity index (χ2n) is 2.74. The Kier molecular flexibility index (Phi) is 2.65. The van der Waals surface area contributed by atoms with Crippen molar-refractivity contribution in [2.24, 2.45) is 5.73 Å². The first-order chi connectivity index (χ1) is 6.11. The maximum atomic E-state index is 10.7. The van der Waals surface area contributed by atoms with Crippen LogP contribution in [0.3, 0.4) is 0 Å². The van der Waals surface area contributed by atoms with Gasteiger partial charge in [-0.25, -0.2) is 4.79 Å². The average Bonchev–Trinajstić information content (AvgIpc) is 2.17.